The smallest absolute Gasteiger partial charge is 0.330 e. The van der Waals surface area contributed by atoms with Crippen LogP contribution in [-0.4, -0.2) is 37.7 Å². The van der Waals surface area contributed by atoms with Crippen molar-refractivity contribution in [3.05, 3.63) is 88.4 Å². The summed E-state index contributed by atoms with van der Waals surface area (Å²) in [5, 5.41) is 0. The third-order valence-corrected chi connectivity index (χ3v) is 4.00. The molecule has 0 saturated heterocycles. The molecule has 7 heteroatoms. The van der Waals surface area contributed by atoms with Crippen molar-refractivity contribution in [2.75, 3.05) is 14.2 Å². The second-order valence-corrected chi connectivity index (χ2v) is 6.29. The van der Waals surface area contributed by atoms with E-state index >= 15 is 0 Å². The first kappa shape index (κ1) is 23.7. The average Bonchev–Trinajstić information content (AvgIpc) is 2.77. The van der Waals surface area contributed by atoms with Crippen LogP contribution in [0.2, 0.25) is 0 Å². The van der Waals surface area contributed by atoms with E-state index in [1.807, 2.05) is 0 Å². The van der Waals surface area contributed by atoms with Gasteiger partial charge in [0, 0.05) is 27.8 Å². The molecule has 2 aromatic carbocycles. The minimum absolute atomic E-state index is 0.299. The molecule has 2 aromatic rings. The Hall–Kier alpha value is -3.32. The maximum absolute atomic E-state index is 12.2. The SMILES string of the molecule is C=CC(=O)OC.COC(=O)/C=C/c1ccc(C(=O)C(=O)c2ccc(Br)cc2)cc1. The fraction of sp³-hybridized carbons (Fsp3) is 0.0909. The topological polar surface area (TPSA) is 86.7 Å². The van der Waals surface area contributed by atoms with Gasteiger partial charge in [-0.1, -0.05) is 46.8 Å². The van der Waals surface area contributed by atoms with E-state index in [2.05, 4.69) is 32.0 Å². The lowest BCUT2D eigenvalue weighted by Gasteiger charge is -2.02. The van der Waals surface area contributed by atoms with Crippen molar-refractivity contribution in [1.82, 2.24) is 0 Å². The Labute approximate surface area is 177 Å². The molecule has 0 heterocycles. The van der Waals surface area contributed by atoms with E-state index in [0.29, 0.717) is 11.1 Å². The van der Waals surface area contributed by atoms with Gasteiger partial charge < -0.3 is 9.47 Å². The van der Waals surface area contributed by atoms with Crippen LogP contribution >= 0.6 is 15.9 Å². The summed E-state index contributed by atoms with van der Waals surface area (Å²) in [6.45, 7) is 3.16. The van der Waals surface area contributed by atoms with E-state index in [0.717, 1.165) is 16.1 Å². The van der Waals surface area contributed by atoms with Crippen LogP contribution < -0.4 is 0 Å². The molecule has 0 fully saturated rings. The highest BCUT2D eigenvalue weighted by atomic mass is 79.9. The molecule has 0 N–H and O–H groups in total. The minimum atomic E-state index is -0.573. The van der Waals surface area contributed by atoms with Crippen molar-refractivity contribution >= 4 is 45.5 Å². The quantitative estimate of drug-likeness (QED) is 0.281. The number of methoxy groups -OCH3 is 2. The molecule has 0 aliphatic heterocycles. The molecule has 2 rings (SSSR count). The summed E-state index contributed by atoms with van der Waals surface area (Å²) in [5.74, 6) is -1.99. The van der Waals surface area contributed by atoms with E-state index in [1.54, 1.807) is 54.6 Å². The second-order valence-electron chi connectivity index (χ2n) is 5.37. The van der Waals surface area contributed by atoms with Crippen molar-refractivity contribution < 1.29 is 28.7 Å². The molecule has 0 saturated carbocycles. The second kappa shape index (κ2) is 12.2. The van der Waals surface area contributed by atoms with Crippen molar-refractivity contribution in [2.24, 2.45) is 0 Å². The first-order valence-corrected chi connectivity index (χ1v) is 9.02. The highest BCUT2D eigenvalue weighted by Crippen LogP contribution is 2.14. The molecule has 0 aliphatic carbocycles. The zero-order valence-electron chi connectivity index (χ0n) is 15.9. The van der Waals surface area contributed by atoms with Crippen molar-refractivity contribution in [1.29, 1.82) is 0 Å². The Balaban J connectivity index is 0.000000612. The molecule has 0 aliphatic rings. The number of Topliss-reactive ketones (excluding diaryl/α,β-unsaturated/α-hetero) is 2. The molecular formula is C22H19BrO6. The number of hydrogen-bond donors (Lipinski definition) is 0. The summed E-state index contributed by atoms with van der Waals surface area (Å²) in [4.78, 5) is 45.2. The van der Waals surface area contributed by atoms with Gasteiger partial charge in [-0.25, -0.2) is 9.59 Å². The molecule has 0 bridgehead atoms. The van der Waals surface area contributed by atoms with Crippen LogP contribution in [-0.2, 0) is 19.1 Å². The summed E-state index contributed by atoms with van der Waals surface area (Å²) in [6, 6.07) is 13.0. The third-order valence-electron chi connectivity index (χ3n) is 3.47. The van der Waals surface area contributed by atoms with E-state index in [-0.39, 0.29) is 0 Å². The number of carbonyl (C=O) groups excluding carboxylic acids is 4. The van der Waals surface area contributed by atoms with Gasteiger partial charge in [-0.3, -0.25) is 9.59 Å². The van der Waals surface area contributed by atoms with Gasteiger partial charge in [-0.2, -0.15) is 0 Å². The van der Waals surface area contributed by atoms with Gasteiger partial charge in [-0.15, -0.1) is 0 Å². The predicted octanol–water partition coefficient (Wildman–Crippen LogP) is 4.05. The number of rotatable bonds is 6. The summed E-state index contributed by atoms with van der Waals surface area (Å²) >= 11 is 3.28. The normalized spacial score (nSPS) is 9.76. The molecule has 0 spiro atoms. The Morgan fingerprint density at radius 1 is 0.793 bits per heavy atom. The van der Waals surface area contributed by atoms with Gasteiger partial charge in [-0.05, 0) is 35.9 Å². The van der Waals surface area contributed by atoms with Gasteiger partial charge in [0.1, 0.15) is 0 Å². The lowest BCUT2D eigenvalue weighted by Crippen LogP contribution is -2.14. The molecule has 0 amide bonds. The number of halogens is 1. The average molecular weight is 459 g/mol. The Morgan fingerprint density at radius 3 is 1.62 bits per heavy atom. The predicted molar refractivity (Wildman–Crippen MR) is 113 cm³/mol. The van der Waals surface area contributed by atoms with Crippen molar-refractivity contribution in [3.8, 4) is 0 Å². The maximum Gasteiger partial charge on any atom is 0.330 e. The summed E-state index contributed by atoms with van der Waals surface area (Å²) in [6.07, 6.45) is 3.96. The highest BCUT2D eigenvalue weighted by Gasteiger charge is 2.17. The van der Waals surface area contributed by atoms with Crippen molar-refractivity contribution in [3.63, 3.8) is 0 Å². The summed E-state index contributed by atoms with van der Waals surface area (Å²) < 4.78 is 9.47. The van der Waals surface area contributed by atoms with Crippen LogP contribution in [0, 0.1) is 0 Å². The van der Waals surface area contributed by atoms with Crippen molar-refractivity contribution in [2.45, 2.75) is 0 Å². The minimum Gasteiger partial charge on any atom is -0.466 e. The number of benzene rings is 2. The lowest BCUT2D eigenvalue weighted by molar-refractivity contribution is -0.135. The zero-order chi connectivity index (χ0) is 21.8. The van der Waals surface area contributed by atoms with Gasteiger partial charge in [0.25, 0.3) is 0 Å². The van der Waals surface area contributed by atoms with Crippen LogP contribution in [0.3, 0.4) is 0 Å². The molecule has 0 atom stereocenters. The van der Waals surface area contributed by atoms with Gasteiger partial charge >= 0.3 is 11.9 Å². The van der Waals surface area contributed by atoms with Crippen LogP contribution in [0.1, 0.15) is 26.3 Å². The number of esters is 2. The molecule has 150 valence electrons. The van der Waals surface area contributed by atoms with E-state index < -0.39 is 23.5 Å². The number of carbonyl (C=O) groups is 4. The maximum atomic E-state index is 12.2. The molecular weight excluding hydrogens is 440 g/mol. The summed E-state index contributed by atoms with van der Waals surface area (Å²) in [5.41, 5.74) is 1.36. The van der Waals surface area contributed by atoms with Crippen LogP contribution in [0.4, 0.5) is 0 Å². The van der Waals surface area contributed by atoms with E-state index in [9.17, 15) is 19.2 Å². The number of ketones is 2. The number of ether oxygens (including phenoxy) is 2. The zero-order valence-corrected chi connectivity index (χ0v) is 17.5. The van der Waals surface area contributed by atoms with Gasteiger partial charge in [0.05, 0.1) is 14.2 Å². The first-order valence-electron chi connectivity index (χ1n) is 8.23. The Morgan fingerprint density at radius 2 is 1.24 bits per heavy atom. The summed E-state index contributed by atoms with van der Waals surface area (Å²) in [7, 11) is 2.60. The van der Waals surface area contributed by atoms with Gasteiger partial charge in [0.2, 0.25) is 11.6 Å². The fourth-order valence-corrected chi connectivity index (χ4v) is 2.19. The first-order chi connectivity index (χ1) is 13.8. The van der Waals surface area contributed by atoms with Crippen LogP contribution in [0.5, 0.6) is 0 Å². The van der Waals surface area contributed by atoms with Gasteiger partial charge in [0.15, 0.2) is 0 Å². The molecule has 29 heavy (non-hydrogen) atoms. The third kappa shape index (κ3) is 8.06. The fourth-order valence-electron chi connectivity index (χ4n) is 1.92. The molecule has 0 aromatic heterocycles. The Kier molecular flexibility index (Phi) is 9.98. The molecule has 0 radical (unpaired) electrons. The van der Waals surface area contributed by atoms with Crippen LogP contribution in [0.15, 0.2) is 71.7 Å². The standard InChI is InChI=1S/C18H13BrO4.C4H6O2/c1-23-16(20)11-4-12-2-5-13(6-3-12)17(21)18(22)14-7-9-15(19)10-8-14;1-3-4(5)6-2/h2-11H,1H3;3H,1H2,2H3/b11-4+;. The van der Waals surface area contributed by atoms with Crippen LogP contribution in [0.25, 0.3) is 6.08 Å². The monoisotopic (exact) mass is 458 g/mol. The van der Waals surface area contributed by atoms with E-state index in [1.165, 1.54) is 20.3 Å². The van der Waals surface area contributed by atoms with E-state index in [4.69, 9.17) is 0 Å². The largest absolute Gasteiger partial charge is 0.466 e. The lowest BCUT2D eigenvalue weighted by atomic mass is 10.0. The molecule has 6 nitrogen and oxygen atoms in total. The highest BCUT2D eigenvalue weighted by molar-refractivity contribution is 9.10. The molecule has 0 unspecified atom stereocenters. The number of hydrogen-bond acceptors (Lipinski definition) is 6. The Bertz CT molecular complexity index is 911.